The Morgan fingerprint density at radius 1 is 1.60 bits per heavy atom. The maximum atomic E-state index is 10.5. The molecule has 0 amide bonds. The van der Waals surface area contributed by atoms with Crippen molar-refractivity contribution in [2.75, 3.05) is 7.11 Å². The number of ether oxygens (including phenoxy) is 1. The first-order chi connectivity index (χ1) is 4.81. The molecule has 57 valence electrons. The molecule has 0 spiro atoms. The summed E-state index contributed by atoms with van der Waals surface area (Å²) in [7, 11) is 1.40. The third kappa shape index (κ3) is 5.35. The van der Waals surface area contributed by atoms with Crippen LogP contribution in [0.15, 0.2) is 6.08 Å². The summed E-state index contributed by atoms with van der Waals surface area (Å²) in [6, 6.07) is 0. The van der Waals surface area contributed by atoms with Crippen LogP contribution >= 0.6 is 0 Å². The van der Waals surface area contributed by atoms with E-state index in [0.29, 0.717) is 6.42 Å². The van der Waals surface area contributed by atoms with E-state index in [-0.39, 0.29) is 5.97 Å². The second kappa shape index (κ2) is 6.33. The zero-order valence-electron chi connectivity index (χ0n) is 6.30. The van der Waals surface area contributed by atoms with Crippen molar-refractivity contribution in [3.05, 3.63) is 12.7 Å². The first-order valence-corrected chi connectivity index (χ1v) is 3.41. The quantitative estimate of drug-likeness (QED) is 0.430. The van der Waals surface area contributed by atoms with E-state index in [1.807, 2.05) is 0 Å². The molecule has 0 aliphatic rings. The van der Waals surface area contributed by atoms with Gasteiger partial charge in [-0.2, -0.15) is 0 Å². The molecule has 0 aliphatic carbocycles. The zero-order valence-corrected chi connectivity index (χ0v) is 6.30. The van der Waals surface area contributed by atoms with E-state index in [4.69, 9.17) is 6.58 Å². The summed E-state index contributed by atoms with van der Waals surface area (Å²) < 4.78 is 4.45. The molecule has 0 rings (SSSR count). The fourth-order valence-corrected chi connectivity index (χ4v) is 0.634. The third-order valence-electron chi connectivity index (χ3n) is 1.23. The van der Waals surface area contributed by atoms with E-state index in [1.165, 1.54) is 7.11 Å². The first kappa shape index (κ1) is 9.21. The molecule has 0 unspecified atom stereocenters. The molecule has 0 aliphatic heterocycles. The third-order valence-corrected chi connectivity index (χ3v) is 1.23. The van der Waals surface area contributed by atoms with E-state index in [1.54, 1.807) is 6.08 Å². The second-order valence-corrected chi connectivity index (χ2v) is 2.06. The van der Waals surface area contributed by atoms with Crippen LogP contribution in [0.5, 0.6) is 0 Å². The Balaban J connectivity index is 3.03. The Labute approximate surface area is 61.9 Å². The van der Waals surface area contributed by atoms with Crippen molar-refractivity contribution in [1.82, 2.24) is 0 Å². The van der Waals surface area contributed by atoms with E-state index >= 15 is 0 Å². The van der Waals surface area contributed by atoms with Gasteiger partial charge in [0, 0.05) is 6.42 Å². The predicted molar refractivity (Wildman–Crippen MR) is 39.4 cm³/mol. The normalized spacial score (nSPS) is 8.90. The van der Waals surface area contributed by atoms with Gasteiger partial charge in [-0.25, -0.2) is 0 Å². The summed E-state index contributed by atoms with van der Waals surface area (Å²) in [6.07, 6.45) is 4.81. The molecule has 0 N–H and O–H groups in total. The minimum absolute atomic E-state index is 0.142. The van der Waals surface area contributed by atoms with Gasteiger partial charge in [-0.05, 0) is 19.3 Å². The summed E-state index contributed by atoms with van der Waals surface area (Å²) in [5, 5.41) is 0. The minimum atomic E-state index is -0.142. The number of unbranched alkanes of at least 4 members (excludes halogenated alkanes) is 2. The molecule has 0 aromatic rings. The van der Waals surface area contributed by atoms with E-state index in [9.17, 15) is 4.79 Å². The van der Waals surface area contributed by atoms with Crippen molar-refractivity contribution in [2.45, 2.75) is 25.7 Å². The van der Waals surface area contributed by atoms with Crippen LogP contribution in [-0.4, -0.2) is 13.1 Å². The number of carbonyl (C=O) groups is 1. The van der Waals surface area contributed by atoms with Crippen molar-refractivity contribution in [3.8, 4) is 0 Å². The van der Waals surface area contributed by atoms with Gasteiger partial charge < -0.3 is 4.74 Å². The molecule has 1 radical (unpaired) electrons. The molecule has 0 saturated carbocycles. The number of hydrogen-bond acceptors (Lipinski definition) is 2. The predicted octanol–water partition coefficient (Wildman–Crippen LogP) is 1.71. The standard InChI is InChI=1S/C8H13O2/c1-3-4-5-6-7-8(9)10-2/h1,3H,4-7H2,2H3. The minimum Gasteiger partial charge on any atom is -0.469 e. The van der Waals surface area contributed by atoms with Crippen LogP contribution < -0.4 is 0 Å². The van der Waals surface area contributed by atoms with Crippen molar-refractivity contribution < 1.29 is 9.53 Å². The molecular weight excluding hydrogens is 128 g/mol. The Morgan fingerprint density at radius 2 is 2.30 bits per heavy atom. The molecule has 0 aromatic carbocycles. The topological polar surface area (TPSA) is 26.3 Å². The molecule has 0 bridgehead atoms. The molecular formula is C8H13O2. The van der Waals surface area contributed by atoms with Crippen LogP contribution in [0.3, 0.4) is 0 Å². The fourth-order valence-electron chi connectivity index (χ4n) is 0.634. The van der Waals surface area contributed by atoms with Gasteiger partial charge in [0.1, 0.15) is 0 Å². The molecule has 10 heavy (non-hydrogen) atoms. The molecule has 0 aromatic heterocycles. The molecule has 0 atom stereocenters. The second-order valence-electron chi connectivity index (χ2n) is 2.06. The van der Waals surface area contributed by atoms with Gasteiger partial charge in [-0.15, -0.1) is 0 Å². The van der Waals surface area contributed by atoms with Crippen molar-refractivity contribution in [3.63, 3.8) is 0 Å². The lowest BCUT2D eigenvalue weighted by Gasteiger charge is -1.96. The number of allylic oxidation sites excluding steroid dienone is 1. The van der Waals surface area contributed by atoms with E-state index < -0.39 is 0 Å². The summed E-state index contributed by atoms with van der Waals surface area (Å²) in [5.74, 6) is -0.142. The van der Waals surface area contributed by atoms with Crippen LogP contribution in [0.4, 0.5) is 0 Å². The van der Waals surface area contributed by atoms with Gasteiger partial charge in [0.25, 0.3) is 0 Å². The van der Waals surface area contributed by atoms with Gasteiger partial charge >= 0.3 is 5.97 Å². The van der Waals surface area contributed by atoms with E-state index in [0.717, 1.165) is 19.3 Å². The van der Waals surface area contributed by atoms with Gasteiger partial charge in [0.2, 0.25) is 0 Å². The van der Waals surface area contributed by atoms with Gasteiger partial charge in [-0.1, -0.05) is 12.7 Å². The van der Waals surface area contributed by atoms with Crippen LogP contribution in [0.1, 0.15) is 25.7 Å². The van der Waals surface area contributed by atoms with Gasteiger partial charge in [0.15, 0.2) is 0 Å². The zero-order chi connectivity index (χ0) is 7.82. The highest BCUT2D eigenvalue weighted by Crippen LogP contribution is 2.00. The molecule has 2 nitrogen and oxygen atoms in total. The summed E-state index contributed by atoms with van der Waals surface area (Å²) in [5.41, 5.74) is 0. The highest BCUT2D eigenvalue weighted by molar-refractivity contribution is 5.68. The maximum Gasteiger partial charge on any atom is 0.305 e. The number of hydrogen-bond donors (Lipinski definition) is 0. The smallest absolute Gasteiger partial charge is 0.305 e. The Kier molecular flexibility index (Phi) is 5.83. The Bertz CT molecular complexity index is 108. The van der Waals surface area contributed by atoms with E-state index in [2.05, 4.69) is 4.74 Å². The lowest BCUT2D eigenvalue weighted by atomic mass is 10.2. The fraction of sp³-hybridized carbons (Fsp3) is 0.625. The molecule has 0 saturated heterocycles. The van der Waals surface area contributed by atoms with Crippen LogP contribution in [0.25, 0.3) is 0 Å². The van der Waals surface area contributed by atoms with Crippen molar-refractivity contribution in [1.29, 1.82) is 0 Å². The molecule has 0 fully saturated rings. The molecule has 0 heterocycles. The lowest BCUT2D eigenvalue weighted by molar-refractivity contribution is -0.140. The summed E-state index contributed by atoms with van der Waals surface area (Å²) in [4.78, 5) is 10.5. The largest absolute Gasteiger partial charge is 0.469 e. The number of rotatable bonds is 5. The van der Waals surface area contributed by atoms with Gasteiger partial charge in [0.05, 0.1) is 7.11 Å². The summed E-state index contributed by atoms with van der Waals surface area (Å²) in [6.45, 7) is 5.14. The number of methoxy groups -OCH3 is 1. The van der Waals surface area contributed by atoms with Crippen molar-refractivity contribution >= 4 is 5.97 Å². The maximum absolute atomic E-state index is 10.5. The monoisotopic (exact) mass is 141 g/mol. The van der Waals surface area contributed by atoms with Crippen LogP contribution in [0.2, 0.25) is 0 Å². The molecule has 2 heteroatoms. The highest BCUT2D eigenvalue weighted by atomic mass is 16.5. The van der Waals surface area contributed by atoms with Gasteiger partial charge in [-0.3, -0.25) is 4.79 Å². The average Bonchev–Trinajstić information content (AvgIpc) is 1.98. The Morgan fingerprint density at radius 3 is 2.80 bits per heavy atom. The van der Waals surface area contributed by atoms with Crippen molar-refractivity contribution in [2.24, 2.45) is 0 Å². The number of carbonyl (C=O) groups excluding carboxylic acids is 1. The summed E-state index contributed by atoms with van der Waals surface area (Å²) >= 11 is 0. The SMILES string of the molecule is [CH]=CCCCCC(=O)OC. The number of esters is 1. The van der Waals surface area contributed by atoms with Crippen LogP contribution in [0, 0.1) is 6.58 Å². The first-order valence-electron chi connectivity index (χ1n) is 3.41. The highest BCUT2D eigenvalue weighted by Gasteiger charge is 1.96. The average molecular weight is 141 g/mol. The van der Waals surface area contributed by atoms with Crippen LogP contribution in [-0.2, 0) is 9.53 Å². The lowest BCUT2D eigenvalue weighted by Crippen LogP contribution is -1.98. The Hall–Kier alpha value is -0.790.